The van der Waals surface area contributed by atoms with Gasteiger partial charge in [0.1, 0.15) is 11.5 Å². The molecule has 6 heteroatoms. The lowest BCUT2D eigenvalue weighted by Gasteiger charge is -2.39. The first-order valence-corrected chi connectivity index (χ1v) is 6.24. The minimum absolute atomic E-state index is 0.0421. The van der Waals surface area contributed by atoms with Crippen molar-refractivity contribution in [3.63, 3.8) is 0 Å². The lowest BCUT2D eigenvalue weighted by Crippen LogP contribution is -2.56. The van der Waals surface area contributed by atoms with Crippen LogP contribution in [-0.4, -0.2) is 65.2 Å². The van der Waals surface area contributed by atoms with Crippen molar-refractivity contribution < 1.29 is 15.0 Å². The summed E-state index contributed by atoms with van der Waals surface area (Å²) in [4.78, 5) is 16.2. The average Bonchev–Trinajstić information content (AvgIpc) is 2.40. The van der Waals surface area contributed by atoms with Crippen molar-refractivity contribution in [2.75, 3.05) is 33.2 Å². The van der Waals surface area contributed by atoms with Gasteiger partial charge in [0.25, 0.3) is 5.91 Å². The maximum Gasteiger partial charge on any atom is 0.258 e. The Morgan fingerprint density at radius 1 is 1.42 bits per heavy atom. The molecule has 6 nitrogen and oxygen atoms in total. The number of benzene rings is 1. The zero-order valence-corrected chi connectivity index (χ0v) is 10.9. The number of likely N-dealkylation sites (N-methyl/N-ethyl adjacent to an activating group) is 1. The second-order valence-electron chi connectivity index (χ2n) is 4.85. The molecule has 0 aromatic heterocycles. The van der Waals surface area contributed by atoms with Crippen LogP contribution in [0.4, 0.5) is 0 Å². The first-order valence-electron chi connectivity index (χ1n) is 6.24. The van der Waals surface area contributed by atoms with Crippen molar-refractivity contribution in [2.24, 2.45) is 5.73 Å². The Balaban J connectivity index is 2.25. The molecule has 0 bridgehead atoms. The van der Waals surface area contributed by atoms with Crippen molar-refractivity contribution in [1.29, 1.82) is 0 Å². The fourth-order valence-corrected chi connectivity index (χ4v) is 2.33. The molecule has 0 radical (unpaired) electrons. The van der Waals surface area contributed by atoms with Crippen molar-refractivity contribution >= 4 is 5.91 Å². The molecule has 1 unspecified atom stereocenters. The predicted molar refractivity (Wildman–Crippen MR) is 71.1 cm³/mol. The van der Waals surface area contributed by atoms with Gasteiger partial charge in [-0.3, -0.25) is 4.79 Å². The van der Waals surface area contributed by atoms with Crippen LogP contribution in [0.2, 0.25) is 0 Å². The number of nitrogens with two attached hydrogens (primary N) is 1. The van der Waals surface area contributed by atoms with Gasteiger partial charge < -0.3 is 25.7 Å². The van der Waals surface area contributed by atoms with Gasteiger partial charge >= 0.3 is 0 Å². The number of carbonyl (C=O) groups excluding carboxylic acids is 1. The van der Waals surface area contributed by atoms with E-state index in [9.17, 15) is 15.0 Å². The Hall–Kier alpha value is -1.79. The average molecular weight is 265 g/mol. The SMILES string of the molecule is CN1CCN(C(=O)c2cc(O)ccc2O)C(CN)C1. The van der Waals surface area contributed by atoms with Crippen molar-refractivity contribution in [1.82, 2.24) is 9.80 Å². The Labute approximate surface area is 112 Å². The minimum atomic E-state index is -0.294. The van der Waals surface area contributed by atoms with Crippen molar-refractivity contribution in [3.8, 4) is 11.5 Å². The second-order valence-corrected chi connectivity index (χ2v) is 4.85. The van der Waals surface area contributed by atoms with Crippen LogP contribution < -0.4 is 5.73 Å². The van der Waals surface area contributed by atoms with Crippen LogP contribution in [0, 0.1) is 0 Å². The molecule has 1 amide bonds. The van der Waals surface area contributed by atoms with Crippen LogP contribution in [0.5, 0.6) is 11.5 Å². The summed E-state index contributed by atoms with van der Waals surface area (Å²) in [6.45, 7) is 2.41. The molecule has 0 saturated carbocycles. The molecule has 19 heavy (non-hydrogen) atoms. The molecule has 4 N–H and O–H groups in total. The summed E-state index contributed by atoms with van der Waals surface area (Å²) >= 11 is 0. The fourth-order valence-electron chi connectivity index (χ4n) is 2.33. The predicted octanol–water partition coefficient (Wildman–Crippen LogP) is -0.187. The summed E-state index contributed by atoms with van der Waals surface area (Å²) in [5.74, 6) is -0.464. The number of carbonyl (C=O) groups is 1. The highest BCUT2D eigenvalue weighted by atomic mass is 16.3. The molecule has 1 atom stereocenters. The molecular formula is C13H19N3O3. The zero-order valence-electron chi connectivity index (χ0n) is 10.9. The van der Waals surface area contributed by atoms with Crippen molar-refractivity contribution in [2.45, 2.75) is 6.04 Å². The van der Waals surface area contributed by atoms with Gasteiger partial charge in [-0.25, -0.2) is 0 Å². The Morgan fingerprint density at radius 3 is 2.84 bits per heavy atom. The van der Waals surface area contributed by atoms with Crippen LogP contribution >= 0.6 is 0 Å². The minimum Gasteiger partial charge on any atom is -0.508 e. The Bertz CT molecular complexity index is 478. The standard InChI is InChI=1S/C13H19N3O3/c1-15-4-5-16(9(7-14)8-15)13(19)11-6-10(17)2-3-12(11)18/h2-3,6,9,17-18H,4-5,7-8,14H2,1H3. The van der Waals surface area contributed by atoms with Crippen LogP contribution in [-0.2, 0) is 0 Å². The molecule has 1 aromatic rings. The number of nitrogens with zero attached hydrogens (tertiary/aromatic N) is 2. The van der Waals surface area contributed by atoms with E-state index in [1.807, 2.05) is 7.05 Å². The van der Waals surface area contributed by atoms with Gasteiger partial charge in [-0.2, -0.15) is 0 Å². The number of phenols is 2. The van der Waals surface area contributed by atoms with E-state index in [-0.39, 0.29) is 29.0 Å². The summed E-state index contributed by atoms with van der Waals surface area (Å²) < 4.78 is 0. The van der Waals surface area contributed by atoms with Gasteiger partial charge in [-0.1, -0.05) is 0 Å². The van der Waals surface area contributed by atoms with E-state index in [0.29, 0.717) is 19.6 Å². The van der Waals surface area contributed by atoms with E-state index in [1.165, 1.54) is 18.2 Å². The third kappa shape index (κ3) is 2.80. The van der Waals surface area contributed by atoms with Crippen LogP contribution in [0.25, 0.3) is 0 Å². The van der Waals surface area contributed by atoms with Crippen molar-refractivity contribution in [3.05, 3.63) is 23.8 Å². The first kappa shape index (κ1) is 13.6. The van der Waals surface area contributed by atoms with Gasteiger partial charge in [0.05, 0.1) is 11.6 Å². The quantitative estimate of drug-likeness (QED) is 0.645. The smallest absolute Gasteiger partial charge is 0.258 e. The summed E-state index contributed by atoms with van der Waals surface area (Å²) in [6.07, 6.45) is 0. The highest BCUT2D eigenvalue weighted by Gasteiger charge is 2.30. The third-order valence-corrected chi connectivity index (χ3v) is 3.43. The molecule has 1 aliphatic heterocycles. The molecule has 2 rings (SSSR count). The monoisotopic (exact) mass is 265 g/mol. The van der Waals surface area contributed by atoms with Gasteiger partial charge in [-0.05, 0) is 25.2 Å². The topological polar surface area (TPSA) is 90.0 Å². The molecule has 104 valence electrons. The molecule has 0 aliphatic carbocycles. The highest BCUT2D eigenvalue weighted by molar-refractivity contribution is 5.97. The zero-order chi connectivity index (χ0) is 14.0. The van der Waals surface area contributed by atoms with Crippen LogP contribution in [0.1, 0.15) is 10.4 Å². The summed E-state index contributed by atoms with van der Waals surface area (Å²) in [5.41, 5.74) is 5.82. The lowest BCUT2D eigenvalue weighted by molar-refractivity contribution is 0.0513. The highest BCUT2D eigenvalue weighted by Crippen LogP contribution is 2.24. The number of hydrogen-bond acceptors (Lipinski definition) is 5. The lowest BCUT2D eigenvalue weighted by atomic mass is 10.1. The van der Waals surface area contributed by atoms with E-state index in [0.717, 1.165) is 6.54 Å². The maximum atomic E-state index is 12.4. The van der Waals surface area contributed by atoms with E-state index in [4.69, 9.17) is 5.73 Å². The Morgan fingerprint density at radius 2 is 2.16 bits per heavy atom. The van der Waals surface area contributed by atoms with E-state index in [2.05, 4.69) is 4.90 Å². The largest absolute Gasteiger partial charge is 0.508 e. The number of amides is 1. The van der Waals surface area contributed by atoms with Gasteiger partial charge in [-0.15, -0.1) is 0 Å². The number of phenolic OH excluding ortho intramolecular Hbond substituents is 2. The number of rotatable bonds is 2. The molecule has 1 aromatic carbocycles. The summed E-state index contributed by atoms with van der Waals surface area (Å²) in [6, 6.07) is 3.86. The van der Waals surface area contributed by atoms with E-state index in [1.54, 1.807) is 4.90 Å². The van der Waals surface area contributed by atoms with E-state index < -0.39 is 0 Å². The third-order valence-electron chi connectivity index (χ3n) is 3.43. The van der Waals surface area contributed by atoms with Crippen LogP contribution in [0.15, 0.2) is 18.2 Å². The van der Waals surface area contributed by atoms with Crippen LogP contribution in [0.3, 0.4) is 0 Å². The van der Waals surface area contributed by atoms with Gasteiger partial charge in [0, 0.05) is 26.2 Å². The summed E-state index contributed by atoms with van der Waals surface area (Å²) in [5, 5.41) is 19.2. The Kier molecular flexibility index (Phi) is 3.92. The molecule has 0 spiro atoms. The maximum absolute atomic E-state index is 12.4. The number of hydrogen-bond donors (Lipinski definition) is 3. The number of piperazine rings is 1. The molecular weight excluding hydrogens is 246 g/mol. The van der Waals surface area contributed by atoms with Gasteiger partial charge in [0.2, 0.25) is 0 Å². The molecule has 1 aliphatic rings. The van der Waals surface area contributed by atoms with E-state index >= 15 is 0 Å². The molecule has 1 heterocycles. The number of aromatic hydroxyl groups is 2. The molecule has 1 fully saturated rings. The fraction of sp³-hybridized carbons (Fsp3) is 0.462. The summed E-state index contributed by atoms with van der Waals surface area (Å²) in [7, 11) is 1.98. The normalized spacial score (nSPS) is 20.5. The molecule has 1 saturated heterocycles. The first-order chi connectivity index (χ1) is 9.02. The second kappa shape index (κ2) is 5.46. The van der Waals surface area contributed by atoms with Gasteiger partial charge in [0.15, 0.2) is 0 Å².